The fourth-order valence-corrected chi connectivity index (χ4v) is 1.22. The highest BCUT2D eigenvalue weighted by molar-refractivity contribution is 5.52. The van der Waals surface area contributed by atoms with Crippen molar-refractivity contribution in [3.05, 3.63) is 17.7 Å². The zero-order chi connectivity index (χ0) is 10.7. The van der Waals surface area contributed by atoms with Crippen molar-refractivity contribution < 1.29 is 14.9 Å². The summed E-state index contributed by atoms with van der Waals surface area (Å²) in [7, 11) is 1.43. The van der Waals surface area contributed by atoms with E-state index in [0.29, 0.717) is 0 Å². The molecule has 0 aromatic heterocycles. The number of ether oxygens (including phenoxy) is 1. The predicted molar refractivity (Wildman–Crippen MR) is 53.5 cm³/mol. The minimum atomic E-state index is -0.250. The molecule has 0 spiro atoms. The smallest absolute Gasteiger partial charge is 0.200 e. The lowest BCUT2D eigenvalue weighted by Crippen LogP contribution is -2.08. The summed E-state index contributed by atoms with van der Waals surface area (Å²) in [5, 5.41) is 18.7. The van der Waals surface area contributed by atoms with E-state index in [1.165, 1.54) is 13.2 Å². The third kappa shape index (κ3) is 1.90. The molecule has 1 atom stereocenters. The van der Waals surface area contributed by atoms with Gasteiger partial charge in [0.2, 0.25) is 5.75 Å². The van der Waals surface area contributed by atoms with Crippen molar-refractivity contribution in [3.63, 3.8) is 0 Å². The van der Waals surface area contributed by atoms with Gasteiger partial charge in [-0.1, -0.05) is 6.92 Å². The van der Waals surface area contributed by atoms with Crippen molar-refractivity contribution in [1.82, 2.24) is 0 Å². The highest BCUT2D eigenvalue weighted by Crippen LogP contribution is 2.37. The molecule has 78 valence electrons. The molecule has 14 heavy (non-hydrogen) atoms. The molecular formula is C10H15NO3. The van der Waals surface area contributed by atoms with Gasteiger partial charge in [0.05, 0.1) is 7.11 Å². The average Bonchev–Trinajstić information content (AvgIpc) is 2.20. The molecule has 0 bridgehead atoms. The van der Waals surface area contributed by atoms with Crippen LogP contribution in [0.4, 0.5) is 0 Å². The van der Waals surface area contributed by atoms with E-state index in [4.69, 9.17) is 10.5 Å². The number of benzene rings is 1. The summed E-state index contributed by atoms with van der Waals surface area (Å²) in [6.45, 7) is 1.95. The molecule has 1 aromatic rings. The summed E-state index contributed by atoms with van der Waals surface area (Å²) in [6, 6.07) is 2.92. The Labute approximate surface area is 82.9 Å². The van der Waals surface area contributed by atoms with Gasteiger partial charge in [0.15, 0.2) is 11.5 Å². The number of phenols is 2. The van der Waals surface area contributed by atoms with Crippen LogP contribution in [0.3, 0.4) is 0 Å². The maximum atomic E-state index is 9.37. The van der Waals surface area contributed by atoms with E-state index < -0.39 is 0 Å². The summed E-state index contributed by atoms with van der Waals surface area (Å²) >= 11 is 0. The van der Waals surface area contributed by atoms with E-state index in [0.717, 1.165) is 12.0 Å². The minimum absolute atomic E-state index is 0.157. The van der Waals surface area contributed by atoms with Crippen LogP contribution in [0.25, 0.3) is 0 Å². The van der Waals surface area contributed by atoms with Crippen LogP contribution in [0.5, 0.6) is 17.2 Å². The molecule has 0 radical (unpaired) electrons. The zero-order valence-electron chi connectivity index (χ0n) is 8.32. The maximum absolute atomic E-state index is 9.37. The van der Waals surface area contributed by atoms with Crippen LogP contribution in [0.1, 0.15) is 24.9 Å². The van der Waals surface area contributed by atoms with Crippen molar-refractivity contribution in [1.29, 1.82) is 0 Å². The van der Waals surface area contributed by atoms with E-state index in [9.17, 15) is 10.2 Å². The second-order valence-electron chi connectivity index (χ2n) is 3.11. The van der Waals surface area contributed by atoms with Crippen LogP contribution >= 0.6 is 0 Å². The van der Waals surface area contributed by atoms with Crippen molar-refractivity contribution in [2.45, 2.75) is 19.4 Å². The second kappa shape index (κ2) is 4.19. The van der Waals surface area contributed by atoms with Gasteiger partial charge >= 0.3 is 0 Å². The molecule has 4 N–H and O–H groups in total. The molecule has 1 aromatic carbocycles. The SMILES string of the molecule is CC[C@@H](N)c1cc(O)c(O)c(OC)c1. The largest absolute Gasteiger partial charge is 0.504 e. The Morgan fingerprint density at radius 1 is 1.43 bits per heavy atom. The Hall–Kier alpha value is -1.42. The second-order valence-corrected chi connectivity index (χ2v) is 3.11. The van der Waals surface area contributed by atoms with Crippen LogP contribution < -0.4 is 10.5 Å². The summed E-state index contributed by atoms with van der Waals surface area (Å²) in [6.07, 6.45) is 0.757. The van der Waals surface area contributed by atoms with Gasteiger partial charge in [0, 0.05) is 6.04 Å². The van der Waals surface area contributed by atoms with Gasteiger partial charge in [-0.2, -0.15) is 0 Å². The van der Waals surface area contributed by atoms with Crippen LogP contribution in [0.2, 0.25) is 0 Å². The van der Waals surface area contributed by atoms with Gasteiger partial charge in [-0.05, 0) is 24.1 Å². The molecular weight excluding hydrogens is 182 g/mol. The number of hydrogen-bond donors (Lipinski definition) is 3. The number of nitrogens with two attached hydrogens (primary N) is 1. The Morgan fingerprint density at radius 2 is 2.07 bits per heavy atom. The third-order valence-corrected chi connectivity index (χ3v) is 2.17. The fourth-order valence-electron chi connectivity index (χ4n) is 1.22. The van der Waals surface area contributed by atoms with Crippen LogP contribution in [-0.4, -0.2) is 17.3 Å². The Balaban J connectivity index is 3.16. The zero-order valence-corrected chi connectivity index (χ0v) is 8.32. The van der Waals surface area contributed by atoms with E-state index in [1.807, 2.05) is 6.92 Å². The molecule has 0 saturated carbocycles. The molecule has 4 nitrogen and oxygen atoms in total. The molecule has 0 aliphatic rings. The molecule has 0 unspecified atom stereocenters. The van der Waals surface area contributed by atoms with E-state index >= 15 is 0 Å². The van der Waals surface area contributed by atoms with E-state index in [-0.39, 0.29) is 23.3 Å². The number of aromatic hydroxyl groups is 2. The quantitative estimate of drug-likeness (QED) is 0.642. The molecule has 0 heterocycles. The summed E-state index contributed by atoms with van der Waals surface area (Å²) in [5.74, 6) is -0.216. The normalized spacial score (nSPS) is 12.5. The number of rotatable bonds is 3. The minimum Gasteiger partial charge on any atom is -0.504 e. The first kappa shape index (κ1) is 10.7. The molecule has 0 aliphatic heterocycles. The van der Waals surface area contributed by atoms with Crippen molar-refractivity contribution in [2.75, 3.05) is 7.11 Å². The lowest BCUT2D eigenvalue weighted by Gasteiger charge is -2.12. The van der Waals surface area contributed by atoms with Gasteiger partial charge in [-0.3, -0.25) is 0 Å². The fraction of sp³-hybridized carbons (Fsp3) is 0.400. The van der Waals surface area contributed by atoms with Crippen molar-refractivity contribution in [2.24, 2.45) is 5.73 Å². The Bertz CT molecular complexity index is 325. The molecule has 0 amide bonds. The van der Waals surface area contributed by atoms with Gasteiger partial charge < -0.3 is 20.7 Å². The van der Waals surface area contributed by atoms with E-state index in [1.54, 1.807) is 6.07 Å². The monoisotopic (exact) mass is 197 g/mol. The number of phenolic OH excluding ortho intramolecular Hbond substituents is 2. The lowest BCUT2D eigenvalue weighted by atomic mass is 10.0. The summed E-state index contributed by atoms with van der Waals surface area (Å²) in [4.78, 5) is 0. The predicted octanol–water partition coefficient (Wildman–Crippen LogP) is 1.52. The summed E-state index contributed by atoms with van der Waals surface area (Å²) < 4.78 is 4.90. The van der Waals surface area contributed by atoms with Gasteiger partial charge in [-0.15, -0.1) is 0 Å². The van der Waals surface area contributed by atoms with Crippen molar-refractivity contribution >= 4 is 0 Å². The van der Waals surface area contributed by atoms with Crippen LogP contribution in [-0.2, 0) is 0 Å². The molecule has 4 heteroatoms. The highest BCUT2D eigenvalue weighted by atomic mass is 16.5. The standard InChI is InChI=1S/C10H15NO3/c1-3-7(11)6-4-8(12)10(13)9(5-6)14-2/h4-5,7,12-13H,3,11H2,1-2H3/t7-/m1/s1. The highest BCUT2D eigenvalue weighted by Gasteiger charge is 2.12. The third-order valence-electron chi connectivity index (χ3n) is 2.17. The Kier molecular flexibility index (Phi) is 3.19. The number of hydrogen-bond acceptors (Lipinski definition) is 4. The van der Waals surface area contributed by atoms with E-state index in [2.05, 4.69) is 0 Å². The van der Waals surface area contributed by atoms with Gasteiger partial charge in [-0.25, -0.2) is 0 Å². The molecule has 0 fully saturated rings. The topological polar surface area (TPSA) is 75.7 Å². The first-order valence-corrected chi connectivity index (χ1v) is 4.45. The van der Waals surface area contributed by atoms with Gasteiger partial charge in [0.25, 0.3) is 0 Å². The van der Waals surface area contributed by atoms with Crippen LogP contribution in [0.15, 0.2) is 12.1 Å². The first-order chi connectivity index (χ1) is 6.60. The van der Waals surface area contributed by atoms with Gasteiger partial charge in [0.1, 0.15) is 0 Å². The molecule has 1 rings (SSSR count). The van der Waals surface area contributed by atoms with Crippen LogP contribution in [0, 0.1) is 0 Å². The molecule has 0 aliphatic carbocycles. The first-order valence-electron chi connectivity index (χ1n) is 4.45. The maximum Gasteiger partial charge on any atom is 0.200 e. The lowest BCUT2D eigenvalue weighted by molar-refractivity contribution is 0.349. The Morgan fingerprint density at radius 3 is 2.57 bits per heavy atom. The van der Waals surface area contributed by atoms with Crippen molar-refractivity contribution in [3.8, 4) is 17.2 Å². The summed E-state index contributed by atoms with van der Waals surface area (Å²) in [5.41, 5.74) is 6.54. The molecule has 0 saturated heterocycles. The average molecular weight is 197 g/mol. The number of methoxy groups -OCH3 is 1.